The number of piperidine rings is 1. The molecular formula is C14H24ClN3. The Morgan fingerprint density at radius 1 is 1.44 bits per heavy atom. The lowest BCUT2D eigenvalue weighted by Gasteiger charge is -2.35. The number of likely N-dealkylation sites (tertiary alicyclic amines) is 1. The zero-order valence-corrected chi connectivity index (χ0v) is 12.3. The van der Waals surface area contributed by atoms with Gasteiger partial charge >= 0.3 is 0 Å². The first-order valence-corrected chi connectivity index (χ1v) is 7.59. The molecule has 0 N–H and O–H groups in total. The number of hydrogen-bond donors (Lipinski definition) is 0. The topological polar surface area (TPSA) is 21.1 Å². The molecule has 3 nitrogen and oxygen atoms in total. The Labute approximate surface area is 115 Å². The van der Waals surface area contributed by atoms with E-state index in [1.165, 1.54) is 37.2 Å². The van der Waals surface area contributed by atoms with E-state index >= 15 is 0 Å². The molecule has 1 atom stereocenters. The summed E-state index contributed by atoms with van der Waals surface area (Å²) in [6.45, 7) is 4.38. The van der Waals surface area contributed by atoms with Crippen LogP contribution >= 0.6 is 11.6 Å². The molecule has 0 bridgehead atoms. The Bertz CT molecular complexity index is 373. The van der Waals surface area contributed by atoms with Gasteiger partial charge in [0.2, 0.25) is 0 Å². The quantitative estimate of drug-likeness (QED) is 0.767. The van der Waals surface area contributed by atoms with Crippen molar-refractivity contribution in [3.63, 3.8) is 0 Å². The van der Waals surface area contributed by atoms with E-state index in [4.69, 9.17) is 11.6 Å². The van der Waals surface area contributed by atoms with Crippen LogP contribution in [0.15, 0.2) is 6.07 Å². The molecule has 1 fully saturated rings. The van der Waals surface area contributed by atoms with Crippen LogP contribution in [0.5, 0.6) is 0 Å². The summed E-state index contributed by atoms with van der Waals surface area (Å²) in [4.78, 5) is 2.59. The molecule has 102 valence electrons. The van der Waals surface area contributed by atoms with E-state index in [2.05, 4.69) is 30.0 Å². The standard InChI is InChI=1S/C14H24ClN3/c1-3-12-10-14(17(2)16-12)11-18-9-5-4-6-13(18)7-8-15/h10,13H,3-9,11H2,1-2H3. The van der Waals surface area contributed by atoms with Gasteiger partial charge in [-0.15, -0.1) is 11.6 Å². The van der Waals surface area contributed by atoms with Gasteiger partial charge in [0, 0.05) is 25.5 Å². The maximum Gasteiger partial charge on any atom is 0.0625 e. The van der Waals surface area contributed by atoms with Gasteiger partial charge in [-0.2, -0.15) is 5.10 Å². The van der Waals surface area contributed by atoms with Crippen LogP contribution in [0.4, 0.5) is 0 Å². The smallest absolute Gasteiger partial charge is 0.0625 e. The number of rotatable bonds is 5. The lowest BCUT2D eigenvalue weighted by atomic mass is 10.00. The largest absolute Gasteiger partial charge is 0.295 e. The van der Waals surface area contributed by atoms with Gasteiger partial charge in [-0.25, -0.2) is 0 Å². The van der Waals surface area contributed by atoms with Crippen molar-refractivity contribution in [2.24, 2.45) is 7.05 Å². The van der Waals surface area contributed by atoms with Gasteiger partial charge in [-0.1, -0.05) is 13.3 Å². The number of alkyl halides is 1. The average Bonchev–Trinajstić information content (AvgIpc) is 2.73. The molecule has 2 heterocycles. The Balaban J connectivity index is 2.03. The van der Waals surface area contributed by atoms with E-state index in [9.17, 15) is 0 Å². The van der Waals surface area contributed by atoms with E-state index in [0.29, 0.717) is 6.04 Å². The maximum atomic E-state index is 5.92. The molecule has 0 spiro atoms. The summed E-state index contributed by atoms with van der Waals surface area (Å²) >= 11 is 5.92. The minimum atomic E-state index is 0.663. The molecule has 1 aromatic rings. The van der Waals surface area contributed by atoms with Crippen LogP contribution in [-0.4, -0.2) is 33.1 Å². The summed E-state index contributed by atoms with van der Waals surface area (Å²) in [5.41, 5.74) is 2.52. The molecule has 0 aromatic carbocycles. The van der Waals surface area contributed by atoms with Gasteiger partial charge in [0.05, 0.1) is 11.4 Å². The van der Waals surface area contributed by atoms with Gasteiger partial charge in [0.1, 0.15) is 0 Å². The molecule has 0 amide bonds. The Kier molecular flexibility index (Phi) is 5.07. The van der Waals surface area contributed by atoms with Crippen molar-refractivity contribution in [2.45, 2.75) is 51.6 Å². The molecule has 1 saturated heterocycles. The van der Waals surface area contributed by atoms with Crippen LogP contribution in [0.25, 0.3) is 0 Å². The minimum absolute atomic E-state index is 0.663. The maximum absolute atomic E-state index is 5.92. The van der Waals surface area contributed by atoms with Gasteiger partial charge in [-0.3, -0.25) is 9.58 Å². The van der Waals surface area contributed by atoms with Crippen LogP contribution in [0.2, 0.25) is 0 Å². The zero-order valence-electron chi connectivity index (χ0n) is 11.5. The first-order valence-electron chi connectivity index (χ1n) is 7.06. The second-order valence-electron chi connectivity index (χ2n) is 5.20. The number of halogens is 1. The Morgan fingerprint density at radius 3 is 2.94 bits per heavy atom. The van der Waals surface area contributed by atoms with Gasteiger partial charge < -0.3 is 0 Å². The average molecular weight is 270 g/mol. The zero-order chi connectivity index (χ0) is 13.0. The van der Waals surface area contributed by atoms with E-state index in [-0.39, 0.29) is 0 Å². The normalized spacial score (nSPS) is 21.4. The third-order valence-electron chi connectivity index (χ3n) is 3.95. The molecule has 0 aliphatic carbocycles. The summed E-state index contributed by atoms with van der Waals surface area (Å²) in [6.07, 6.45) is 6.09. The Morgan fingerprint density at radius 2 is 2.28 bits per heavy atom. The minimum Gasteiger partial charge on any atom is -0.295 e. The van der Waals surface area contributed by atoms with Crippen molar-refractivity contribution in [2.75, 3.05) is 12.4 Å². The highest BCUT2D eigenvalue weighted by molar-refractivity contribution is 6.17. The van der Waals surface area contributed by atoms with E-state index < -0.39 is 0 Å². The van der Waals surface area contributed by atoms with E-state index in [1.807, 2.05) is 4.68 Å². The SMILES string of the molecule is CCc1cc(CN2CCCCC2CCCl)n(C)n1. The highest BCUT2D eigenvalue weighted by atomic mass is 35.5. The molecule has 1 unspecified atom stereocenters. The fourth-order valence-corrected chi connectivity index (χ4v) is 3.07. The number of hydrogen-bond acceptors (Lipinski definition) is 2. The van der Waals surface area contributed by atoms with Crippen molar-refractivity contribution >= 4 is 11.6 Å². The van der Waals surface area contributed by atoms with Crippen molar-refractivity contribution in [3.05, 3.63) is 17.5 Å². The van der Waals surface area contributed by atoms with Crippen LogP contribution in [-0.2, 0) is 20.0 Å². The molecule has 18 heavy (non-hydrogen) atoms. The number of aryl methyl sites for hydroxylation is 2. The molecule has 2 rings (SSSR count). The third-order valence-corrected chi connectivity index (χ3v) is 4.16. The van der Waals surface area contributed by atoms with Crippen LogP contribution in [0, 0.1) is 0 Å². The summed E-state index contributed by atoms with van der Waals surface area (Å²) < 4.78 is 2.03. The molecule has 1 aliphatic rings. The van der Waals surface area contributed by atoms with Crippen molar-refractivity contribution in [1.29, 1.82) is 0 Å². The molecule has 1 aromatic heterocycles. The summed E-state index contributed by atoms with van der Waals surface area (Å²) in [7, 11) is 2.05. The molecule has 1 aliphatic heterocycles. The molecular weight excluding hydrogens is 246 g/mol. The fraction of sp³-hybridized carbons (Fsp3) is 0.786. The van der Waals surface area contributed by atoms with Crippen molar-refractivity contribution in [1.82, 2.24) is 14.7 Å². The summed E-state index contributed by atoms with van der Waals surface area (Å²) in [6, 6.07) is 2.91. The second-order valence-corrected chi connectivity index (χ2v) is 5.58. The first-order chi connectivity index (χ1) is 8.74. The van der Waals surface area contributed by atoms with Gasteiger partial charge in [0.25, 0.3) is 0 Å². The third kappa shape index (κ3) is 3.27. The monoisotopic (exact) mass is 269 g/mol. The molecule has 0 radical (unpaired) electrons. The summed E-state index contributed by atoms with van der Waals surface area (Å²) in [5.74, 6) is 0.771. The highest BCUT2D eigenvalue weighted by Crippen LogP contribution is 2.22. The second kappa shape index (κ2) is 6.58. The predicted octanol–water partition coefficient (Wildman–Crippen LogP) is 2.97. The number of nitrogens with zero attached hydrogens (tertiary/aromatic N) is 3. The highest BCUT2D eigenvalue weighted by Gasteiger charge is 2.22. The van der Waals surface area contributed by atoms with Gasteiger partial charge in [-0.05, 0) is 38.3 Å². The first kappa shape index (κ1) is 13.9. The van der Waals surface area contributed by atoms with E-state index in [0.717, 1.165) is 25.3 Å². The summed E-state index contributed by atoms with van der Waals surface area (Å²) in [5, 5.41) is 4.53. The lowest BCUT2D eigenvalue weighted by Crippen LogP contribution is -2.39. The predicted molar refractivity (Wildman–Crippen MR) is 76.0 cm³/mol. The van der Waals surface area contributed by atoms with Gasteiger partial charge in [0.15, 0.2) is 0 Å². The van der Waals surface area contributed by atoms with Crippen molar-refractivity contribution in [3.8, 4) is 0 Å². The Hall–Kier alpha value is -0.540. The van der Waals surface area contributed by atoms with Crippen LogP contribution in [0.3, 0.4) is 0 Å². The molecule has 4 heteroatoms. The number of aromatic nitrogens is 2. The van der Waals surface area contributed by atoms with E-state index in [1.54, 1.807) is 0 Å². The molecule has 0 saturated carbocycles. The lowest BCUT2D eigenvalue weighted by molar-refractivity contribution is 0.133. The van der Waals surface area contributed by atoms with Crippen molar-refractivity contribution < 1.29 is 0 Å². The van der Waals surface area contributed by atoms with Crippen LogP contribution in [0.1, 0.15) is 44.0 Å². The fourth-order valence-electron chi connectivity index (χ4n) is 2.82. The van der Waals surface area contributed by atoms with Crippen LogP contribution < -0.4 is 0 Å².